The maximum absolute atomic E-state index is 3.58. The molecule has 0 aliphatic carbocycles. The van der Waals surface area contributed by atoms with Gasteiger partial charge in [-0.25, -0.2) is 0 Å². The van der Waals surface area contributed by atoms with E-state index in [-0.39, 0.29) is 0 Å². The number of hydrogen-bond donors (Lipinski definition) is 1. The Balaban J connectivity index is 2.42. The Morgan fingerprint density at radius 3 is 2.41 bits per heavy atom. The van der Waals surface area contributed by atoms with Gasteiger partial charge in [0.15, 0.2) is 0 Å². The summed E-state index contributed by atoms with van der Waals surface area (Å²) in [6.45, 7) is 17.4. The van der Waals surface area contributed by atoms with Gasteiger partial charge >= 0.3 is 0 Å². The summed E-state index contributed by atoms with van der Waals surface area (Å²) in [4.78, 5) is 5.26. The average Bonchev–Trinajstić information content (AvgIpc) is 2.29. The molecule has 0 aromatic carbocycles. The van der Waals surface area contributed by atoms with Crippen LogP contribution in [0.4, 0.5) is 0 Å². The highest BCUT2D eigenvalue weighted by Gasteiger charge is 2.26. The predicted octanol–water partition coefficient (Wildman–Crippen LogP) is 1.79. The van der Waals surface area contributed by atoms with Gasteiger partial charge in [-0.2, -0.15) is 0 Å². The van der Waals surface area contributed by atoms with Gasteiger partial charge in [-0.15, -0.1) is 0 Å². The number of likely N-dealkylation sites (N-methyl/N-ethyl adjacent to an activating group) is 1. The molecule has 0 saturated carbocycles. The molecule has 2 unspecified atom stereocenters. The lowest BCUT2D eigenvalue weighted by atomic mass is 10.1. The maximum atomic E-state index is 3.58. The van der Waals surface area contributed by atoms with Gasteiger partial charge in [0, 0.05) is 44.3 Å². The first kappa shape index (κ1) is 14.9. The van der Waals surface area contributed by atoms with Crippen molar-refractivity contribution in [3.8, 4) is 0 Å². The topological polar surface area (TPSA) is 18.5 Å². The molecule has 102 valence electrons. The molecule has 0 radical (unpaired) electrons. The summed E-state index contributed by atoms with van der Waals surface area (Å²) in [5.41, 5.74) is 0. The molecule has 17 heavy (non-hydrogen) atoms. The largest absolute Gasteiger partial charge is 0.313 e. The van der Waals surface area contributed by atoms with E-state index in [2.05, 4.69) is 49.7 Å². The molecular weight excluding hydrogens is 210 g/mol. The zero-order chi connectivity index (χ0) is 12.8. The van der Waals surface area contributed by atoms with Crippen molar-refractivity contribution in [3.63, 3.8) is 0 Å². The zero-order valence-corrected chi connectivity index (χ0v) is 12.4. The molecule has 3 nitrogen and oxygen atoms in total. The van der Waals surface area contributed by atoms with Crippen molar-refractivity contribution in [3.05, 3.63) is 0 Å². The zero-order valence-electron chi connectivity index (χ0n) is 12.4. The van der Waals surface area contributed by atoms with Crippen molar-refractivity contribution in [2.45, 2.75) is 59.2 Å². The van der Waals surface area contributed by atoms with Crippen LogP contribution in [0.3, 0.4) is 0 Å². The van der Waals surface area contributed by atoms with Crippen LogP contribution in [-0.2, 0) is 0 Å². The molecular formula is C14H31N3. The lowest BCUT2D eigenvalue weighted by Gasteiger charge is -2.43. The number of piperazine rings is 1. The molecule has 1 fully saturated rings. The summed E-state index contributed by atoms with van der Waals surface area (Å²) < 4.78 is 0. The van der Waals surface area contributed by atoms with E-state index in [9.17, 15) is 0 Å². The Kier molecular flexibility index (Phi) is 6.45. The second-order valence-corrected chi connectivity index (χ2v) is 5.60. The second-order valence-electron chi connectivity index (χ2n) is 5.60. The minimum atomic E-state index is 0.596. The first-order chi connectivity index (χ1) is 8.08. The highest BCUT2D eigenvalue weighted by molar-refractivity contribution is 4.83. The van der Waals surface area contributed by atoms with E-state index in [0.29, 0.717) is 18.1 Å². The predicted molar refractivity (Wildman–Crippen MR) is 75.5 cm³/mol. The average molecular weight is 241 g/mol. The van der Waals surface area contributed by atoms with Crippen LogP contribution in [0.1, 0.15) is 41.0 Å². The van der Waals surface area contributed by atoms with Crippen LogP contribution in [0.15, 0.2) is 0 Å². The van der Waals surface area contributed by atoms with Crippen molar-refractivity contribution < 1.29 is 0 Å². The molecule has 1 rings (SSSR count). The number of nitrogens with zero attached hydrogens (tertiary/aromatic N) is 2. The van der Waals surface area contributed by atoms with Crippen LogP contribution in [0.2, 0.25) is 0 Å². The Hall–Kier alpha value is -0.120. The first-order valence-corrected chi connectivity index (χ1v) is 7.29. The Bertz CT molecular complexity index is 206. The summed E-state index contributed by atoms with van der Waals surface area (Å²) in [5, 5.41) is 3.58. The Morgan fingerprint density at radius 2 is 1.94 bits per heavy atom. The van der Waals surface area contributed by atoms with Gasteiger partial charge in [0.05, 0.1) is 0 Å². The Labute approximate surface area is 108 Å². The molecule has 1 saturated heterocycles. The van der Waals surface area contributed by atoms with Gasteiger partial charge in [-0.05, 0) is 19.9 Å². The first-order valence-electron chi connectivity index (χ1n) is 7.29. The third-order valence-corrected chi connectivity index (χ3v) is 3.95. The molecule has 1 aliphatic rings. The maximum Gasteiger partial charge on any atom is 0.0219 e. The van der Waals surface area contributed by atoms with E-state index < -0.39 is 0 Å². The molecule has 1 aliphatic heterocycles. The molecule has 1 heterocycles. The summed E-state index contributed by atoms with van der Waals surface area (Å²) in [6.07, 6.45) is 1.25. The van der Waals surface area contributed by atoms with Crippen LogP contribution in [0.5, 0.6) is 0 Å². The third kappa shape index (κ3) is 4.57. The van der Waals surface area contributed by atoms with Crippen molar-refractivity contribution in [1.82, 2.24) is 15.1 Å². The smallest absolute Gasteiger partial charge is 0.0219 e. The highest BCUT2D eigenvalue weighted by atomic mass is 15.3. The molecule has 0 aromatic rings. The van der Waals surface area contributed by atoms with E-state index in [1.807, 2.05) is 0 Å². The summed E-state index contributed by atoms with van der Waals surface area (Å²) in [6, 6.07) is 2.01. The lowest BCUT2D eigenvalue weighted by molar-refractivity contribution is 0.0566. The second kappa shape index (κ2) is 7.34. The van der Waals surface area contributed by atoms with Gasteiger partial charge in [-0.3, -0.25) is 9.80 Å². The van der Waals surface area contributed by atoms with Gasteiger partial charge in [0.1, 0.15) is 0 Å². The summed E-state index contributed by atoms with van der Waals surface area (Å²) in [5.74, 6) is 0. The van der Waals surface area contributed by atoms with Crippen LogP contribution in [0, 0.1) is 0 Å². The van der Waals surface area contributed by atoms with Crippen LogP contribution in [-0.4, -0.2) is 60.6 Å². The third-order valence-electron chi connectivity index (χ3n) is 3.95. The fourth-order valence-corrected chi connectivity index (χ4v) is 2.73. The molecule has 2 atom stereocenters. The summed E-state index contributed by atoms with van der Waals surface area (Å²) in [7, 11) is 0. The standard InChI is InChI=1S/C14H31N3/c1-6-14(10-15-12(3)4)17-9-8-16(7-2)13(5)11-17/h12-15H,6-11H2,1-5H3. The van der Waals surface area contributed by atoms with E-state index >= 15 is 0 Å². The minimum absolute atomic E-state index is 0.596. The number of rotatable bonds is 6. The van der Waals surface area contributed by atoms with Crippen molar-refractivity contribution in [2.24, 2.45) is 0 Å². The van der Waals surface area contributed by atoms with E-state index in [0.717, 1.165) is 6.54 Å². The molecule has 1 N–H and O–H groups in total. The number of nitrogens with one attached hydrogen (secondary N) is 1. The van der Waals surface area contributed by atoms with Crippen LogP contribution in [0.25, 0.3) is 0 Å². The molecule has 3 heteroatoms. The van der Waals surface area contributed by atoms with Crippen LogP contribution >= 0.6 is 0 Å². The monoisotopic (exact) mass is 241 g/mol. The van der Waals surface area contributed by atoms with Gasteiger partial charge < -0.3 is 5.32 Å². The normalized spacial score (nSPS) is 25.4. The van der Waals surface area contributed by atoms with Gasteiger partial charge in [0.2, 0.25) is 0 Å². The number of hydrogen-bond acceptors (Lipinski definition) is 3. The lowest BCUT2D eigenvalue weighted by Crippen LogP contribution is -2.56. The van der Waals surface area contributed by atoms with E-state index in [1.165, 1.54) is 32.6 Å². The molecule has 0 spiro atoms. The quantitative estimate of drug-likeness (QED) is 0.765. The summed E-state index contributed by atoms with van der Waals surface area (Å²) >= 11 is 0. The van der Waals surface area contributed by atoms with Crippen molar-refractivity contribution in [2.75, 3.05) is 32.7 Å². The van der Waals surface area contributed by atoms with Crippen molar-refractivity contribution >= 4 is 0 Å². The fourth-order valence-electron chi connectivity index (χ4n) is 2.73. The minimum Gasteiger partial charge on any atom is -0.313 e. The van der Waals surface area contributed by atoms with E-state index in [1.54, 1.807) is 0 Å². The molecule has 0 bridgehead atoms. The Morgan fingerprint density at radius 1 is 1.24 bits per heavy atom. The van der Waals surface area contributed by atoms with E-state index in [4.69, 9.17) is 0 Å². The van der Waals surface area contributed by atoms with Gasteiger partial charge in [-0.1, -0.05) is 27.7 Å². The highest BCUT2D eigenvalue weighted by Crippen LogP contribution is 2.13. The molecule has 0 amide bonds. The van der Waals surface area contributed by atoms with Gasteiger partial charge in [0.25, 0.3) is 0 Å². The molecule has 0 aromatic heterocycles. The van der Waals surface area contributed by atoms with Crippen LogP contribution < -0.4 is 5.32 Å². The fraction of sp³-hybridized carbons (Fsp3) is 1.00. The SMILES string of the molecule is CCC(CNC(C)C)N1CCN(CC)C(C)C1. The van der Waals surface area contributed by atoms with Crippen molar-refractivity contribution in [1.29, 1.82) is 0 Å².